The molecule has 0 N–H and O–H groups in total. The van der Waals surface area contributed by atoms with Gasteiger partial charge in [-0.15, -0.1) is 0 Å². The number of hydrogen-bond donors (Lipinski definition) is 0. The number of fused-ring (bicyclic) bond motifs is 1. The molecule has 110 valence electrons. The lowest BCUT2D eigenvalue weighted by Gasteiger charge is -2.10. The minimum Gasteiger partial charge on any atom is -0.462 e. The Morgan fingerprint density at radius 1 is 1.05 bits per heavy atom. The summed E-state index contributed by atoms with van der Waals surface area (Å²) in [5.41, 5.74) is 3.31. The smallest absolute Gasteiger partial charge is 0.340 e. The molecule has 0 amide bonds. The first-order chi connectivity index (χ1) is 10.8. The van der Waals surface area contributed by atoms with Crippen molar-refractivity contribution in [2.45, 2.75) is 13.3 Å². The van der Waals surface area contributed by atoms with Crippen molar-refractivity contribution in [2.24, 2.45) is 0 Å². The highest BCUT2D eigenvalue weighted by Crippen LogP contribution is 2.20. The van der Waals surface area contributed by atoms with Crippen LogP contribution in [0.5, 0.6) is 0 Å². The number of pyridine rings is 1. The van der Waals surface area contributed by atoms with Crippen LogP contribution in [0.4, 0.5) is 0 Å². The summed E-state index contributed by atoms with van der Waals surface area (Å²) in [7, 11) is 0. The Kier molecular flexibility index (Phi) is 4.15. The van der Waals surface area contributed by atoms with E-state index in [9.17, 15) is 4.79 Å². The van der Waals surface area contributed by atoms with Gasteiger partial charge in [0.05, 0.1) is 23.4 Å². The predicted octanol–water partition coefficient (Wildman–Crippen LogP) is 4.00. The van der Waals surface area contributed by atoms with E-state index in [4.69, 9.17) is 4.74 Å². The van der Waals surface area contributed by atoms with E-state index in [0.717, 1.165) is 22.2 Å². The van der Waals surface area contributed by atoms with Crippen LogP contribution < -0.4 is 0 Å². The zero-order valence-corrected chi connectivity index (χ0v) is 12.5. The molecule has 1 heterocycles. The zero-order chi connectivity index (χ0) is 15.4. The molecule has 0 radical (unpaired) electrons. The molecule has 0 unspecified atom stereocenters. The zero-order valence-electron chi connectivity index (χ0n) is 12.5. The van der Waals surface area contributed by atoms with Gasteiger partial charge >= 0.3 is 5.97 Å². The molecule has 1 aromatic heterocycles. The lowest BCUT2D eigenvalue weighted by atomic mass is 10.0. The van der Waals surface area contributed by atoms with E-state index in [2.05, 4.69) is 4.98 Å². The van der Waals surface area contributed by atoms with Crippen LogP contribution in [0.2, 0.25) is 0 Å². The third-order valence-corrected chi connectivity index (χ3v) is 3.51. The van der Waals surface area contributed by atoms with Crippen LogP contribution in [0.3, 0.4) is 0 Å². The van der Waals surface area contributed by atoms with Crippen LogP contribution in [0.25, 0.3) is 10.9 Å². The molecule has 0 aliphatic carbocycles. The van der Waals surface area contributed by atoms with Gasteiger partial charge in [0.15, 0.2) is 0 Å². The van der Waals surface area contributed by atoms with Crippen LogP contribution in [-0.2, 0) is 11.2 Å². The Balaban J connectivity index is 2.08. The topological polar surface area (TPSA) is 39.2 Å². The van der Waals surface area contributed by atoms with Crippen LogP contribution in [0.15, 0.2) is 60.7 Å². The highest BCUT2D eigenvalue weighted by Gasteiger charge is 2.15. The lowest BCUT2D eigenvalue weighted by Crippen LogP contribution is -2.10. The first-order valence-corrected chi connectivity index (χ1v) is 7.37. The molecule has 2 aromatic carbocycles. The lowest BCUT2D eigenvalue weighted by molar-refractivity contribution is 0.0525. The molecular weight excluding hydrogens is 274 g/mol. The van der Waals surface area contributed by atoms with Gasteiger partial charge in [0, 0.05) is 11.8 Å². The van der Waals surface area contributed by atoms with E-state index in [-0.39, 0.29) is 5.97 Å². The number of carbonyl (C=O) groups excluding carboxylic acids is 1. The van der Waals surface area contributed by atoms with Crippen molar-refractivity contribution in [2.75, 3.05) is 6.61 Å². The third kappa shape index (κ3) is 2.98. The summed E-state index contributed by atoms with van der Waals surface area (Å²) in [5, 5.41) is 0.947. The van der Waals surface area contributed by atoms with E-state index in [1.54, 1.807) is 0 Å². The summed E-state index contributed by atoms with van der Waals surface area (Å²) in [6.45, 7) is 2.17. The van der Waals surface area contributed by atoms with Gasteiger partial charge in [-0.25, -0.2) is 4.79 Å². The van der Waals surface area contributed by atoms with Crippen molar-refractivity contribution in [3.63, 3.8) is 0 Å². The molecule has 0 fully saturated rings. The number of ether oxygens (including phenoxy) is 1. The van der Waals surface area contributed by atoms with Crippen molar-refractivity contribution < 1.29 is 9.53 Å². The molecule has 0 spiro atoms. The van der Waals surface area contributed by atoms with E-state index >= 15 is 0 Å². The molecule has 0 saturated heterocycles. The number of carbonyl (C=O) groups is 1. The van der Waals surface area contributed by atoms with Gasteiger partial charge in [-0.05, 0) is 24.6 Å². The fourth-order valence-electron chi connectivity index (χ4n) is 2.47. The molecule has 22 heavy (non-hydrogen) atoms. The fourth-order valence-corrected chi connectivity index (χ4v) is 2.47. The SMILES string of the molecule is CCOC(=O)c1cc2ccccc2nc1Cc1ccccc1. The summed E-state index contributed by atoms with van der Waals surface area (Å²) in [6, 6.07) is 19.7. The van der Waals surface area contributed by atoms with Crippen LogP contribution in [0.1, 0.15) is 28.5 Å². The molecule has 0 bridgehead atoms. The molecule has 0 saturated carbocycles. The number of esters is 1. The Bertz CT molecular complexity index is 797. The Labute approximate surface area is 129 Å². The van der Waals surface area contributed by atoms with Crippen molar-refractivity contribution in [3.8, 4) is 0 Å². The maximum atomic E-state index is 12.2. The minimum atomic E-state index is -0.313. The van der Waals surface area contributed by atoms with Crippen molar-refractivity contribution in [1.29, 1.82) is 0 Å². The van der Waals surface area contributed by atoms with Crippen LogP contribution >= 0.6 is 0 Å². The van der Waals surface area contributed by atoms with Gasteiger partial charge in [0.25, 0.3) is 0 Å². The first kappa shape index (κ1) is 14.3. The monoisotopic (exact) mass is 291 g/mol. The van der Waals surface area contributed by atoms with Crippen molar-refractivity contribution in [3.05, 3.63) is 77.5 Å². The highest BCUT2D eigenvalue weighted by molar-refractivity contribution is 5.95. The van der Waals surface area contributed by atoms with Gasteiger partial charge < -0.3 is 4.74 Å². The summed E-state index contributed by atoms with van der Waals surface area (Å²) in [6.07, 6.45) is 0.611. The second kappa shape index (κ2) is 6.39. The van der Waals surface area contributed by atoms with E-state index < -0.39 is 0 Å². The molecule has 0 aliphatic heterocycles. The summed E-state index contributed by atoms with van der Waals surface area (Å²) in [4.78, 5) is 16.9. The molecule has 3 nitrogen and oxygen atoms in total. The Morgan fingerprint density at radius 2 is 1.77 bits per heavy atom. The number of hydrogen-bond acceptors (Lipinski definition) is 3. The highest BCUT2D eigenvalue weighted by atomic mass is 16.5. The second-order valence-electron chi connectivity index (χ2n) is 5.06. The van der Waals surface area contributed by atoms with Gasteiger partial charge in [-0.3, -0.25) is 4.98 Å². The normalized spacial score (nSPS) is 10.6. The van der Waals surface area contributed by atoms with Crippen LogP contribution in [-0.4, -0.2) is 17.6 Å². The number of rotatable bonds is 4. The van der Waals surface area contributed by atoms with E-state index in [1.807, 2.05) is 67.6 Å². The number of benzene rings is 2. The first-order valence-electron chi connectivity index (χ1n) is 7.37. The summed E-state index contributed by atoms with van der Waals surface area (Å²) < 4.78 is 5.18. The van der Waals surface area contributed by atoms with Crippen molar-refractivity contribution in [1.82, 2.24) is 4.98 Å². The minimum absolute atomic E-state index is 0.313. The van der Waals surface area contributed by atoms with Gasteiger partial charge in [0.1, 0.15) is 0 Å². The second-order valence-corrected chi connectivity index (χ2v) is 5.06. The average Bonchev–Trinajstić information content (AvgIpc) is 2.55. The van der Waals surface area contributed by atoms with E-state index in [0.29, 0.717) is 18.6 Å². The van der Waals surface area contributed by atoms with Gasteiger partial charge in [-0.2, -0.15) is 0 Å². The van der Waals surface area contributed by atoms with Gasteiger partial charge in [0.2, 0.25) is 0 Å². The Morgan fingerprint density at radius 3 is 2.55 bits per heavy atom. The Hall–Kier alpha value is -2.68. The molecular formula is C19H17NO2. The van der Waals surface area contributed by atoms with Crippen molar-refractivity contribution >= 4 is 16.9 Å². The molecule has 0 atom stereocenters. The van der Waals surface area contributed by atoms with E-state index in [1.165, 1.54) is 0 Å². The molecule has 3 aromatic rings. The average molecular weight is 291 g/mol. The van der Waals surface area contributed by atoms with Gasteiger partial charge in [-0.1, -0.05) is 48.5 Å². The number of para-hydroxylation sites is 1. The maximum Gasteiger partial charge on any atom is 0.340 e. The number of nitrogens with zero attached hydrogens (tertiary/aromatic N) is 1. The van der Waals surface area contributed by atoms with Crippen LogP contribution in [0, 0.1) is 0 Å². The summed E-state index contributed by atoms with van der Waals surface area (Å²) >= 11 is 0. The molecule has 3 heteroatoms. The standard InChI is InChI=1S/C19H17NO2/c1-2-22-19(21)16-13-15-10-6-7-11-17(15)20-18(16)12-14-8-4-3-5-9-14/h3-11,13H,2,12H2,1H3. The largest absolute Gasteiger partial charge is 0.462 e. The predicted molar refractivity (Wildman–Crippen MR) is 86.9 cm³/mol. The molecule has 0 aliphatic rings. The molecule has 3 rings (SSSR count). The maximum absolute atomic E-state index is 12.2. The third-order valence-electron chi connectivity index (χ3n) is 3.51. The fraction of sp³-hybridized carbons (Fsp3) is 0.158. The summed E-state index contributed by atoms with van der Waals surface area (Å²) in [5.74, 6) is -0.313. The quantitative estimate of drug-likeness (QED) is 0.682. The number of aromatic nitrogens is 1.